The molecule has 7 nitrogen and oxygen atoms in total. The zero-order valence-electron chi connectivity index (χ0n) is 17.8. The number of imidazole rings is 1. The Labute approximate surface area is 185 Å². The summed E-state index contributed by atoms with van der Waals surface area (Å²) in [6.45, 7) is 4.31. The van der Waals surface area contributed by atoms with Crippen molar-refractivity contribution in [1.82, 2.24) is 19.0 Å². The van der Waals surface area contributed by atoms with Gasteiger partial charge in [0.05, 0.1) is 18.9 Å². The van der Waals surface area contributed by atoms with Crippen LogP contribution in [0.3, 0.4) is 0 Å². The topological polar surface area (TPSA) is 75.4 Å². The Bertz CT molecular complexity index is 1330. The Morgan fingerprint density at radius 1 is 1.00 bits per heavy atom. The number of ether oxygens (including phenoxy) is 1. The fourth-order valence-corrected chi connectivity index (χ4v) is 5.19. The average Bonchev–Trinajstić information content (AvgIpc) is 3.32. The summed E-state index contributed by atoms with van der Waals surface area (Å²) in [6.07, 6.45) is 0.522. The number of hydrogen-bond acceptors (Lipinski definition) is 4. The van der Waals surface area contributed by atoms with Gasteiger partial charge in [0, 0.05) is 49.2 Å². The number of nitrogens with one attached hydrogen (secondary N) is 1. The van der Waals surface area contributed by atoms with Crippen molar-refractivity contribution < 1.29 is 9.84 Å². The third-order valence-corrected chi connectivity index (χ3v) is 6.82. The normalized spacial score (nSPS) is 18.6. The van der Waals surface area contributed by atoms with Gasteiger partial charge in [-0.1, -0.05) is 48.5 Å². The van der Waals surface area contributed by atoms with Crippen molar-refractivity contribution in [2.45, 2.75) is 19.0 Å². The lowest BCUT2D eigenvalue weighted by Crippen LogP contribution is -2.39. The molecule has 2 aliphatic heterocycles. The van der Waals surface area contributed by atoms with E-state index in [4.69, 9.17) is 4.74 Å². The van der Waals surface area contributed by atoms with E-state index < -0.39 is 0 Å². The maximum Gasteiger partial charge on any atom is 0.332 e. The smallest absolute Gasteiger partial charge is 0.332 e. The Morgan fingerprint density at radius 3 is 2.56 bits per heavy atom. The summed E-state index contributed by atoms with van der Waals surface area (Å²) >= 11 is 0. The summed E-state index contributed by atoms with van der Waals surface area (Å²) in [5, 5.41) is 12.3. The highest BCUT2D eigenvalue weighted by molar-refractivity contribution is 5.86. The molecule has 2 N–H and O–H groups in total. The number of nitrogens with zero attached hydrogens (tertiary/aromatic N) is 3. The van der Waals surface area contributed by atoms with Gasteiger partial charge in [0.15, 0.2) is 0 Å². The van der Waals surface area contributed by atoms with E-state index in [-0.39, 0.29) is 17.6 Å². The molecule has 1 saturated heterocycles. The highest BCUT2D eigenvalue weighted by atomic mass is 16.5. The summed E-state index contributed by atoms with van der Waals surface area (Å²) in [5.74, 6) is 0.0834. The van der Waals surface area contributed by atoms with Gasteiger partial charge in [0.25, 0.3) is 0 Å². The predicted octanol–water partition coefficient (Wildman–Crippen LogP) is 2.71. The molecule has 6 rings (SSSR count). The van der Waals surface area contributed by atoms with Gasteiger partial charge in [-0.2, -0.15) is 0 Å². The van der Waals surface area contributed by atoms with Crippen molar-refractivity contribution in [3.8, 4) is 5.88 Å². The maximum atomic E-state index is 13.6. The van der Waals surface area contributed by atoms with Gasteiger partial charge in [0.1, 0.15) is 6.04 Å². The van der Waals surface area contributed by atoms with Crippen LogP contribution in [0.15, 0.2) is 59.4 Å². The van der Waals surface area contributed by atoms with Crippen LogP contribution in [0.25, 0.3) is 10.9 Å². The molecule has 2 aromatic carbocycles. The van der Waals surface area contributed by atoms with Crippen molar-refractivity contribution in [1.29, 1.82) is 0 Å². The summed E-state index contributed by atoms with van der Waals surface area (Å²) < 4.78 is 8.74. The van der Waals surface area contributed by atoms with Crippen LogP contribution in [0.2, 0.25) is 0 Å². The van der Waals surface area contributed by atoms with E-state index in [9.17, 15) is 9.90 Å². The van der Waals surface area contributed by atoms with Crippen LogP contribution in [-0.4, -0.2) is 57.0 Å². The monoisotopic (exact) mass is 430 g/mol. The molecule has 0 saturated carbocycles. The molecule has 0 unspecified atom stereocenters. The first kappa shape index (κ1) is 19.4. The maximum absolute atomic E-state index is 13.6. The molecule has 2 aromatic heterocycles. The third-order valence-electron chi connectivity index (χ3n) is 6.82. The van der Waals surface area contributed by atoms with E-state index in [1.807, 2.05) is 42.5 Å². The molecule has 4 aromatic rings. The summed E-state index contributed by atoms with van der Waals surface area (Å²) in [5.41, 5.74) is 4.77. The largest absolute Gasteiger partial charge is 0.493 e. The molecule has 7 heteroatoms. The summed E-state index contributed by atoms with van der Waals surface area (Å²) in [4.78, 5) is 19.5. The standard InChI is InChI=1S/C25H26N4O3/c30-24-21-16-19-18-8-4-5-9-20(18)26-22(19)23(17-6-2-1-3-7-17)29(21)25(31)28(24)11-10-27-12-14-32-15-13-27/h1-9,23,26,30H,10-16H2/t23-/m0/s1. The van der Waals surface area contributed by atoms with Crippen molar-refractivity contribution in [3.63, 3.8) is 0 Å². The fraction of sp³-hybridized carbons (Fsp3) is 0.320. The lowest BCUT2D eigenvalue weighted by Gasteiger charge is -2.26. The van der Waals surface area contributed by atoms with E-state index in [1.165, 1.54) is 4.57 Å². The van der Waals surface area contributed by atoms with E-state index in [0.29, 0.717) is 38.4 Å². The molecule has 1 atom stereocenters. The minimum atomic E-state index is -0.301. The van der Waals surface area contributed by atoms with E-state index >= 15 is 0 Å². The number of aromatic amines is 1. The Morgan fingerprint density at radius 2 is 1.75 bits per heavy atom. The highest BCUT2D eigenvalue weighted by Gasteiger charge is 2.35. The van der Waals surface area contributed by atoms with Crippen molar-refractivity contribution in [2.75, 3.05) is 32.8 Å². The van der Waals surface area contributed by atoms with E-state index in [2.05, 4.69) is 22.0 Å². The fourth-order valence-electron chi connectivity index (χ4n) is 5.19. The van der Waals surface area contributed by atoms with E-state index in [1.54, 1.807) is 4.57 Å². The van der Waals surface area contributed by atoms with Crippen LogP contribution in [-0.2, 0) is 17.7 Å². The second kappa shape index (κ2) is 7.69. The zero-order chi connectivity index (χ0) is 21.7. The lowest BCUT2D eigenvalue weighted by molar-refractivity contribution is 0.0360. The molecule has 32 heavy (non-hydrogen) atoms. The van der Waals surface area contributed by atoms with Gasteiger partial charge in [-0.3, -0.25) is 14.0 Å². The molecule has 164 valence electrons. The Hall–Kier alpha value is -3.29. The van der Waals surface area contributed by atoms with Crippen LogP contribution < -0.4 is 5.69 Å². The van der Waals surface area contributed by atoms with Crippen LogP contribution in [0.1, 0.15) is 28.6 Å². The van der Waals surface area contributed by atoms with Crippen molar-refractivity contribution in [2.24, 2.45) is 0 Å². The number of aromatic hydroxyl groups is 1. The van der Waals surface area contributed by atoms with Crippen LogP contribution in [0.4, 0.5) is 0 Å². The van der Waals surface area contributed by atoms with Crippen LogP contribution in [0.5, 0.6) is 5.88 Å². The number of morpholine rings is 1. The van der Waals surface area contributed by atoms with Gasteiger partial charge >= 0.3 is 5.69 Å². The molecule has 0 radical (unpaired) electrons. The second-order valence-corrected chi connectivity index (χ2v) is 8.58. The van der Waals surface area contributed by atoms with Crippen LogP contribution >= 0.6 is 0 Å². The van der Waals surface area contributed by atoms with Gasteiger partial charge < -0.3 is 14.8 Å². The number of H-pyrrole nitrogens is 1. The molecule has 0 bridgehead atoms. The molecule has 0 aliphatic carbocycles. The molecule has 2 aliphatic rings. The predicted molar refractivity (Wildman–Crippen MR) is 122 cm³/mol. The van der Waals surface area contributed by atoms with Crippen LogP contribution in [0, 0.1) is 0 Å². The number of fused-ring (bicyclic) bond motifs is 4. The number of aromatic nitrogens is 3. The van der Waals surface area contributed by atoms with Gasteiger partial charge in [-0.25, -0.2) is 4.79 Å². The lowest BCUT2D eigenvalue weighted by atomic mass is 9.93. The SMILES string of the molecule is O=c1n(CCN2CCOCC2)c(O)c2n1[C@@H](c1ccccc1)c1[nH]c3ccccc3c1C2. The molecule has 1 fully saturated rings. The molecular weight excluding hydrogens is 404 g/mol. The van der Waals surface area contributed by atoms with Gasteiger partial charge in [-0.05, 0) is 17.2 Å². The Kier molecular flexibility index (Phi) is 4.66. The zero-order valence-corrected chi connectivity index (χ0v) is 17.8. The summed E-state index contributed by atoms with van der Waals surface area (Å²) in [7, 11) is 0. The second-order valence-electron chi connectivity index (χ2n) is 8.58. The summed E-state index contributed by atoms with van der Waals surface area (Å²) in [6, 6.07) is 18.0. The first-order valence-corrected chi connectivity index (χ1v) is 11.2. The first-order chi connectivity index (χ1) is 15.7. The number of benzene rings is 2. The minimum Gasteiger partial charge on any atom is -0.493 e. The van der Waals surface area contributed by atoms with Crippen molar-refractivity contribution >= 4 is 10.9 Å². The number of para-hydroxylation sites is 1. The minimum absolute atomic E-state index is 0.0834. The quantitative estimate of drug-likeness (QED) is 0.460. The van der Waals surface area contributed by atoms with E-state index in [0.717, 1.165) is 40.8 Å². The van der Waals surface area contributed by atoms with Gasteiger partial charge in [-0.15, -0.1) is 0 Å². The van der Waals surface area contributed by atoms with Gasteiger partial charge in [0.2, 0.25) is 5.88 Å². The molecule has 0 spiro atoms. The molecule has 4 heterocycles. The Balaban J connectivity index is 1.48. The van der Waals surface area contributed by atoms with Crippen molar-refractivity contribution in [3.05, 3.63) is 87.6 Å². The number of rotatable bonds is 4. The molecular formula is C25H26N4O3. The highest BCUT2D eigenvalue weighted by Crippen LogP contribution is 2.40. The average molecular weight is 431 g/mol. The first-order valence-electron chi connectivity index (χ1n) is 11.2. The molecule has 0 amide bonds. The number of hydrogen-bond donors (Lipinski definition) is 2. The third kappa shape index (κ3) is 3.00.